The molecule has 0 radical (unpaired) electrons. The molecule has 5 nitrogen and oxygen atoms in total. The lowest BCUT2D eigenvalue weighted by Gasteiger charge is -2.12. The van der Waals surface area contributed by atoms with Gasteiger partial charge in [-0.05, 0) is 67.6 Å². The summed E-state index contributed by atoms with van der Waals surface area (Å²) in [5.41, 5.74) is 4.20. The summed E-state index contributed by atoms with van der Waals surface area (Å²) in [4.78, 5) is 29.5. The molecule has 0 saturated carbocycles. The Labute approximate surface area is 173 Å². The van der Waals surface area contributed by atoms with Gasteiger partial charge in [-0.2, -0.15) is 0 Å². The number of fused-ring (bicyclic) bond motifs is 1. The highest BCUT2D eigenvalue weighted by Crippen LogP contribution is 2.27. The van der Waals surface area contributed by atoms with Crippen molar-refractivity contribution < 1.29 is 19.1 Å². The van der Waals surface area contributed by atoms with E-state index in [1.165, 1.54) is 22.5 Å². The van der Waals surface area contributed by atoms with Crippen molar-refractivity contribution in [1.29, 1.82) is 0 Å². The normalized spacial score (nSPS) is 13.6. The van der Waals surface area contributed by atoms with Crippen LogP contribution in [0.25, 0.3) is 10.6 Å². The van der Waals surface area contributed by atoms with Gasteiger partial charge in [-0.25, -0.2) is 9.78 Å². The van der Waals surface area contributed by atoms with Gasteiger partial charge in [0.05, 0.1) is 7.11 Å². The maximum Gasteiger partial charge on any atom is 0.358 e. The van der Waals surface area contributed by atoms with Crippen LogP contribution >= 0.6 is 11.3 Å². The quantitative estimate of drug-likeness (QED) is 0.436. The molecule has 29 heavy (non-hydrogen) atoms. The van der Waals surface area contributed by atoms with E-state index in [1.807, 2.05) is 42.5 Å². The molecule has 0 saturated heterocycles. The summed E-state index contributed by atoms with van der Waals surface area (Å²) in [5, 5.41) is 2.35. The lowest BCUT2D eigenvalue weighted by Crippen LogP contribution is -2.24. The largest absolute Gasteiger partial charge is 0.497 e. The van der Waals surface area contributed by atoms with Crippen molar-refractivity contribution in [2.24, 2.45) is 0 Å². The Morgan fingerprint density at radius 3 is 2.59 bits per heavy atom. The Morgan fingerprint density at radius 1 is 1.07 bits per heavy atom. The Morgan fingerprint density at radius 2 is 1.83 bits per heavy atom. The highest BCUT2D eigenvalue weighted by Gasteiger charge is 2.23. The summed E-state index contributed by atoms with van der Waals surface area (Å²) >= 11 is 1.35. The number of hydrogen-bond acceptors (Lipinski definition) is 6. The number of aromatic nitrogens is 1. The molecule has 0 spiro atoms. The molecule has 148 valence electrons. The molecule has 1 atom stereocenters. The van der Waals surface area contributed by atoms with Gasteiger partial charge in [-0.1, -0.05) is 12.1 Å². The van der Waals surface area contributed by atoms with E-state index in [9.17, 15) is 9.59 Å². The van der Waals surface area contributed by atoms with Crippen LogP contribution in [0.15, 0.2) is 47.8 Å². The second-order valence-electron chi connectivity index (χ2n) is 7.02. The number of nitrogens with zero attached hydrogens (tertiary/aromatic N) is 1. The third-order valence-corrected chi connectivity index (χ3v) is 5.98. The zero-order valence-electron chi connectivity index (χ0n) is 16.3. The molecular formula is C23H21NO4S. The summed E-state index contributed by atoms with van der Waals surface area (Å²) < 4.78 is 10.5. The Kier molecular flexibility index (Phi) is 5.45. The molecule has 0 bridgehead atoms. The molecule has 0 fully saturated rings. The van der Waals surface area contributed by atoms with Crippen LogP contribution in [0.3, 0.4) is 0 Å². The number of hydrogen-bond donors (Lipinski definition) is 0. The predicted molar refractivity (Wildman–Crippen MR) is 112 cm³/mol. The SMILES string of the molecule is COc1ccc(-c2nc(C(=O)O[C@H](C)C(=O)c3ccc4c(c3)CCC4)cs2)cc1. The molecule has 0 aliphatic heterocycles. The maximum absolute atomic E-state index is 12.7. The topological polar surface area (TPSA) is 65.5 Å². The Hall–Kier alpha value is -2.99. The van der Waals surface area contributed by atoms with E-state index in [-0.39, 0.29) is 11.5 Å². The summed E-state index contributed by atoms with van der Waals surface area (Å²) in [7, 11) is 1.61. The van der Waals surface area contributed by atoms with E-state index in [0.717, 1.165) is 30.6 Å². The number of thiazole rings is 1. The molecule has 1 aromatic heterocycles. The first-order chi connectivity index (χ1) is 14.0. The number of rotatable bonds is 6. The van der Waals surface area contributed by atoms with Gasteiger partial charge in [0.15, 0.2) is 11.8 Å². The predicted octanol–water partition coefficient (Wildman–Crippen LogP) is 4.74. The third-order valence-electron chi connectivity index (χ3n) is 5.09. The zero-order chi connectivity index (χ0) is 20.4. The first-order valence-corrected chi connectivity index (χ1v) is 10.4. The van der Waals surface area contributed by atoms with Crippen molar-refractivity contribution >= 4 is 23.1 Å². The summed E-state index contributed by atoms with van der Waals surface area (Å²) in [6.45, 7) is 1.60. The standard InChI is InChI=1S/C23H21NO4S/c1-14(21(25)18-7-6-15-4-3-5-17(15)12-18)28-23(26)20-13-29-22(24-20)16-8-10-19(27-2)11-9-16/h6-14H,3-5H2,1-2H3/t14-/m1/s1. The minimum absolute atomic E-state index is 0.196. The minimum Gasteiger partial charge on any atom is -0.497 e. The lowest BCUT2D eigenvalue weighted by molar-refractivity contribution is 0.0314. The van der Waals surface area contributed by atoms with Gasteiger partial charge >= 0.3 is 5.97 Å². The van der Waals surface area contributed by atoms with E-state index in [4.69, 9.17) is 9.47 Å². The first-order valence-electron chi connectivity index (χ1n) is 9.52. The van der Waals surface area contributed by atoms with Crippen molar-refractivity contribution in [3.8, 4) is 16.3 Å². The summed E-state index contributed by atoms with van der Waals surface area (Å²) in [6, 6.07) is 13.2. The van der Waals surface area contributed by atoms with Crippen molar-refractivity contribution in [3.05, 3.63) is 70.2 Å². The highest BCUT2D eigenvalue weighted by molar-refractivity contribution is 7.13. The molecule has 1 heterocycles. The number of carbonyl (C=O) groups excluding carboxylic acids is 2. The highest BCUT2D eigenvalue weighted by atomic mass is 32.1. The Bertz CT molecular complexity index is 1050. The number of aryl methyl sites for hydroxylation is 2. The first kappa shape index (κ1) is 19.3. The molecule has 0 amide bonds. The fourth-order valence-electron chi connectivity index (χ4n) is 3.47. The Balaban J connectivity index is 1.43. The van der Waals surface area contributed by atoms with Gasteiger partial charge in [0.1, 0.15) is 10.8 Å². The molecule has 3 aromatic rings. The van der Waals surface area contributed by atoms with E-state index >= 15 is 0 Å². The van der Waals surface area contributed by atoms with Gasteiger partial charge in [0.2, 0.25) is 5.78 Å². The fourth-order valence-corrected chi connectivity index (χ4v) is 4.26. The summed E-state index contributed by atoms with van der Waals surface area (Å²) in [6.07, 6.45) is 2.32. The fraction of sp³-hybridized carbons (Fsp3) is 0.261. The van der Waals surface area contributed by atoms with E-state index in [2.05, 4.69) is 4.98 Å². The minimum atomic E-state index is -0.868. The van der Waals surface area contributed by atoms with Crippen LogP contribution in [0, 0.1) is 0 Å². The van der Waals surface area contributed by atoms with Crippen molar-refractivity contribution in [1.82, 2.24) is 4.98 Å². The van der Waals surface area contributed by atoms with Gasteiger partial charge in [-0.15, -0.1) is 11.3 Å². The third kappa shape index (κ3) is 4.07. The molecule has 2 aromatic carbocycles. The average molecular weight is 407 g/mol. The van der Waals surface area contributed by atoms with Crippen LogP contribution in [0.1, 0.15) is 45.3 Å². The molecule has 6 heteroatoms. The van der Waals surface area contributed by atoms with Crippen LogP contribution in [-0.2, 0) is 17.6 Å². The van der Waals surface area contributed by atoms with Gasteiger partial charge in [0, 0.05) is 16.5 Å². The number of ether oxygens (including phenoxy) is 2. The monoisotopic (exact) mass is 407 g/mol. The number of benzene rings is 2. The van der Waals surface area contributed by atoms with Gasteiger partial charge in [0.25, 0.3) is 0 Å². The van der Waals surface area contributed by atoms with E-state index in [1.54, 1.807) is 19.4 Å². The number of Topliss-reactive ketones (excluding diaryl/α,β-unsaturated/α-hetero) is 1. The molecule has 1 aliphatic rings. The molecular weight excluding hydrogens is 386 g/mol. The van der Waals surface area contributed by atoms with Crippen molar-refractivity contribution in [3.63, 3.8) is 0 Å². The van der Waals surface area contributed by atoms with Gasteiger partial charge < -0.3 is 9.47 Å². The van der Waals surface area contributed by atoms with Crippen LogP contribution in [0.2, 0.25) is 0 Å². The van der Waals surface area contributed by atoms with E-state index < -0.39 is 12.1 Å². The number of carbonyl (C=O) groups is 2. The van der Waals surface area contributed by atoms with Crippen molar-refractivity contribution in [2.45, 2.75) is 32.3 Å². The van der Waals surface area contributed by atoms with Crippen LogP contribution in [0.5, 0.6) is 5.75 Å². The smallest absolute Gasteiger partial charge is 0.358 e. The molecule has 0 unspecified atom stereocenters. The van der Waals surface area contributed by atoms with Crippen LogP contribution in [0.4, 0.5) is 0 Å². The second-order valence-corrected chi connectivity index (χ2v) is 7.87. The van der Waals surface area contributed by atoms with E-state index in [0.29, 0.717) is 10.6 Å². The number of esters is 1. The average Bonchev–Trinajstić information content (AvgIpc) is 3.42. The zero-order valence-corrected chi connectivity index (χ0v) is 17.1. The maximum atomic E-state index is 12.7. The molecule has 0 N–H and O–H groups in total. The van der Waals surface area contributed by atoms with Crippen LogP contribution in [-0.4, -0.2) is 30.0 Å². The van der Waals surface area contributed by atoms with Crippen LogP contribution < -0.4 is 4.74 Å². The summed E-state index contributed by atoms with van der Waals surface area (Å²) in [5.74, 6) is -0.0366. The lowest BCUT2D eigenvalue weighted by atomic mass is 10.0. The number of methoxy groups -OCH3 is 1. The number of ketones is 1. The van der Waals surface area contributed by atoms with Gasteiger partial charge in [-0.3, -0.25) is 4.79 Å². The second kappa shape index (κ2) is 8.17. The molecule has 4 rings (SSSR count). The van der Waals surface area contributed by atoms with Crippen molar-refractivity contribution in [2.75, 3.05) is 7.11 Å². The molecule has 1 aliphatic carbocycles.